The van der Waals surface area contributed by atoms with E-state index in [2.05, 4.69) is 50.3 Å². The van der Waals surface area contributed by atoms with Crippen molar-refractivity contribution in [3.63, 3.8) is 0 Å². The van der Waals surface area contributed by atoms with Crippen LogP contribution in [-0.2, 0) is 32.7 Å². The minimum atomic E-state index is -4.38. The lowest BCUT2D eigenvalue weighted by molar-refractivity contribution is -0.870. The Morgan fingerprint density at radius 2 is 0.982 bits per heavy atom. The number of hydrogen-bond acceptors (Lipinski definition) is 7. The third-order valence-corrected chi connectivity index (χ3v) is 10.6. The number of quaternary nitrogens is 1. The molecule has 0 radical (unpaired) electrons. The SMILES string of the molecule is CCCC/C=C/CCCCCCCCCCCC(=O)OC[C@H](COP(=O)(O)OCC[N+](C)(C)C)OC(=O)CCCCCCCCC/C=C/C/C=C/CCCCC. The summed E-state index contributed by atoms with van der Waals surface area (Å²) in [6.45, 7) is 4.36. The number of carbonyl (C=O) groups is 2. The third-order valence-electron chi connectivity index (χ3n) is 9.64. The number of phosphoric acid groups is 1. The first kappa shape index (κ1) is 54.2. The number of allylic oxidation sites excluding steroid dienone is 6. The maximum atomic E-state index is 12.7. The average molecular weight is 813 g/mol. The van der Waals surface area contributed by atoms with E-state index in [0.29, 0.717) is 17.4 Å². The molecule has 0 bridgehead atoms. The zero-order valence-corrected chi connectivity index (χ0v) is 37.8. The number of ether oxygens (including phenoxy) is 2. The number of likely N-dealkylation sites (N-methyl/N-ethyl adjacent to an activating group) is 1. The van der Waals surface area contributed by atoms with Crippen LogP contribution >= 0.6 is 7.82 Å². The second kappa shape index (κ2) is 38.7. The molecule has 0 aromatic rings. The molecule has 0 saturated heterocycles. The molecule has 56 heavy (non-hydrogen) atoms. The van der Waals surface area contributed by atoms with Crippen LogP contribution in [0.2, 0.25) is 0 Å². The Morgan fingerprint density at radius 3 is 1.48 bits per heavy atom. The van der Waals surface area contributed by atoms with Crippen LogP contribution in [0.3, 0.4) is 0 Å². The molecule has 1 unspecified atom stereocenters. The Hall–Kier alpha value is -1.77. The van der Waals surface area contributed by atoms with Crippen LogP contribution in [0.1, 0.15) is 194 Å². The summed E-state index contributed by atoms with van der Waals surface area (Å²) in [4.78, 5) is 35.4. The first-order chi connectivity index (χ1) is 27.0. The number of esters is 2. The van der Waals surface area contributed by atoms with Crippen molar-refractivity contribution in [1.29, 1.82) is 0 Å². The zero-order valence-electron chi connectivity index (χ0n) is 36.9. The van der Waals surface area contributed by atoms with Gasteiger partial charge in [0.25, 0.3) is 0 Å². The Bertz CT molecular complexity index is 1050. The number of phosphoric ester groups is 1. The fourth-order valence-corrected chi connectivity index (χ4v) is 6.77. The Labute approximate surface area is 344 Å². The first-order valence-corrected chi connectivity index (χ1v) is 24.2. The molecule has 0 amide bonds. The number of hydrogen-bond donors (Lipinski definition) is 1. The predicted octanol–water partition coefficient (Wildman–Crippen LogP) is 12.9. The Balaban J connectivity index is 4.35. The van der Waals surface area contributed by atoms with Gasteiger partial charge in [0.2, 0.25) is 0 Å². The van der Waals surface area contributed by atoms with Crippen LogP contribution in [0, 0.1) is 0 Å². The van der Waals surface area contributed by atoms with E-state index in [9.17, 15) is 19.0 Å². The maximum Gasteiger partial charge on any atom is 0.472 e. The van der Waals surface area contributed by atoms with E-state index in [1.165, 1.54) is 109 Å². The minimum absolute atomic E-state index is 0.0297. The normalized spacial score (nSPS) is 13.9. The van der Waals surface area contributed by atoms with Gasteiger partial charge in [0.1, 0.15) is 19.8 Å². The van der Waals surface area contributed by atoms with Crippen molar-refractivity contribution >= 4 is 19.8 Å². The largest absolute Gasteiger partial charge is 0.472 e. The number of nitrogens with zero attached hydrogens (tertiary/aromatic N) is 1. The van der Waals surface area contributed by atoms with Crippen molar-refractivity contribution in [2.45, 2.75) is 200 Å². The van der Waals surface area contributed by atoms with E-state index in [0.717, 1.165) is 51.4 Å². The van der Waals surface area contributed by atoms with Crippen LogP contribution in [0.5, 0.6) is 0 Å². The average Bonchev–Trinajstić information content (AvgIpc) is 3.15. The van der Waals surface area contributed by atoms with Gasteiger partial charge in [0, 0.05) is 12.8 Å². The molecule has 2 atom stereocenters. The van der Waals surface area contributed by atoms with Crippen molar-refractivity contribution in [1.82, 2.24) is 0 Å². The van der Waals surface area contributed by atoms with Crippen LogP contribution in [0.4, 0.5) is 0 Å². The summed E-state index contributed by atoms with van der Waals surface area (Å²) in [6, 6.07) is 0. The van der Waals surface area contributed by atoms with Crippen LogP contribution in [0.15, 0.2) is 36.5 Å². The molecule has 9 nitrogen and oxygen atoms in total. The van der Waals surface area contributed by atoms with Gasteiger partial charge in [0.05, 0.1) is 27.7 Å². The van der Waals surface area contributed by atoms with Gasteiger partial charge in [-0.15, -0.1) is 0 Å². The van der Waals surface area contributed by atoms with E-state index < -0.39 is 26.5 Å². The highest BCUT2D eigenvalue weighted by molar-refractivity contribution is 7.47. The summed E-state index contributed by atoms with van der Waals surface area (Å²) >= 11 is 0. The van der Waals surface area contributed by atoms with Gasteiger partial charge < -0.3 is 18.9 Å². The van der Waals surface area contributed by atoms with Crippen molar-refractivity contribution in [3.8, 4) is 0 Å². The molecule has 328 valence electrons. The van der Waals surface area contributed by atoms with Crippen molar-refractivity contribution in [2.24, 2.45) is 0 Å². The Kier molecular flexibility index (Phi) is 37.5. The van der Waals surface area contributed by atoms with Gasteiger partial charge in [-0.05, 0) is 64.2 Å². The van der Waals surface area contributed by atoms with Crippen LogP contribution in [-0.4, -0.2) is 74.9 Å². The minimum Gasteiger partial charge on any atom is -0.462 e. The molecule has 1 N–H and O–H groups in total. The number of carbonyl (C=O) groups excluding carboxylic acids is 2. The van der Waals surface area contributed by atoms with Crippen molar-refractivity contribution in [2.75, 3.05) is 47.5 Å². The third kappa shape index (κ3) is 41.9. The fraction of sp³-hybridized carbons (Fsp3) is 0.826. The molecule has 0 rings (SSSR count). The molecular weight excluding hydrogens is 725 g/mol. The summed E-state index contributed by atoms with van der Waals surface area (Å²) in [5, 5.41) is 0. The molecule has 0 aliphatic carbocycles. The van der Waals surface area contributed by atoms with Gasteiger partial charge >= 0.3 is 19.8 Å². The van der Waals surface area contributed by atoms with Crippen molar-refractivity contribution < 1.29 is 42.1 Å². The van der Waals surface area contributed by atoms with Gasteiger partial charge in [-0.25, -0.2) is 4.57 Å². The van der Waals surface area contributed by atoms with Gasteiger partial charge in [-0.3, -0.25) is 18.6 Å². The highest BCUT2D eigenvalue weighted by atomic mass is 31.2. The molecule has 0 aromatic carbocycles. The second-order valence-corrected chi connectivity index (χ2v) is 17.9. The number of unbranched alkanes of at least 4 members (excludes halogenated alkanes) is 21. The van der Waals surface area contributed by atoms with Crippen LogP contribution in [0.25, 0.3) is 0 Å². The van der Waals surface area contributed by atoms with Gasteiger partial charge in [-0.2, -0.15) is 0 Å². The molecular formula is C46H87NO8P+. The molecule has 0 spiro atoms. The lowest BCUT2D eigenvalue weighted by Gasteiger charge is -2.24. The zero-order chi connectivity index (χ0) is 41.4. The molecule has 0 aliphatic heterocycles. The summed E-state index contributed by atoms with van der Waals surface area (Å²) < 4.78 is 34.3. The molecule has 0 saturated carbocycles. The fourth-order valence-electron chi connectivity index (χ4n) is 6.02. The predicted molar refractivity (Wildman–Crippen MR) is 234 cm³/mol. The monoisotopic (exact) mass is 813 g/mol. The highest BCUT2D eigenvalue weighted by Gasteiger charge is 2.27. The topological polar surface area (TPSA) is 108 Å². The van der Waals surface area contributed by atoms with E-state index in [4.69, 9.17) is 18.5 Å². The molecule has 10 heteroatoms. The second-order valence-electron chi connectivity index (χ2n) is 16.4. The molecule has 0 fully saturated rings. The van der Waals surface area contributed by atoms with Gasteiger partial charge in [0.15, 0.2) is 6.10 Å². The van der Waals surface area contributed by atoms with Crippen LogP contribution < -0.4 is 0 Å². The number of rotatable bonds is 41. The lowest BCUT2D eigenvalue weighted by Crippen LogP contribution is -2.37. The van der Waals surface area contributed by atoms with E-state index in [1.54, 1.807) is 0 Å². The maximum absolute atomic E-state index is 12.7. The smallest absolute Gasteiger partial charge is 0.462 e. The standard InChI is InChI=1S/C46H86NO8P/c1-6-8-10-12-14-16-18-20-22-23-25-27-29-31-33-35-37-39-46(49)55-44(43-54-56(50,51)53-41-40-47(3,4)5)42-52-45(48)38-36-34-32-30-28-26-24-21-19-17-15-13-11-9-7-2/h13-16,20,22,44H,6-12,17-19,21,23-43H2,1-5H3/p+1/b15-13+,16-14+,22-20+/t44-/m1/s1. The summed E-state index contributed by atoms with van der Waals surface area (Å²) in [6.07, 6.45) is 43.2. The first-order valence-electron chi connectivity index (χ1n) is 22.7. The lowest BCUT2D eigenvalue weighted by atomic mass is 10.1. The van der Waals surface area contributed by atoms with E-state index in [-0.39, 0.29) is 32.0 Å². The van der Waals surface area contributed by atoms with Gasteiger partial charge in [-0.1, -0.05) is 153 Å². The molecule has 0 aromatic heterocycles. The summed E-state index contributed by atoms with van der Waals surface area (Å²) in [5.74, 6) is -0.808. The van der Waals surface area contributed by atoms with E-state index >= 15 is 0 Å². The molecule has 0 aliphatic rings. The summed E-state index contributed by atoms with van der Waals surface area (Å²) in [7, 11) is 1.47. The quantitative estimate of drug-likeness (QED) is 0.0214. The van der Waals surface area contributed by atoms with E-state index in [1.807, 2.05) is 21.1 Å². The highest BCUT2D eigenvalue weighted by Crippen LogP contribution is 2.43. The summed E-state index contributed by atoms with van der Waals surface area (Å²) in [5.41, 5.74) is 0. The van der Waals surface area contributed by atoms with Crippen molar-refractivity contribution in [3.05, 3.63) is 36.5 Å². The Morgan fingerprint density at radius 1 is 0.554 bits per heavy atom. The molecule has 0 heterocycles.